The topological polar surface area (TPSA) is 93.5 Å². The molecular weight excluding hydrogens is 312 g/mol. The van der Waals surface area contributed by atoms with Crippen LogP contribution in [0.4, 0.5) is 11.6 Å². The molecule has 24 heavy (non-hydrogen) atoms. The highest BCUT2D eigenvalue weighted by Gasteiger charge is 2.23. The molecule has 0 saturated heterocycles. The normalized spacial score (nSPS) is 10.3. The Morgan fingerprint density at radius 1 is 1.38 bits per heavy atom. The van der Waals surface area contributed by atoms with Crippen LogP contribution in [0.5, 0.6) is 11.5 Å². The van der Waals surface area contributed by atoms with E-state index in [2.05, 4.69) is 16.5 Å². The Hall–Kier alpha value is -3.03. The second kappa shape index (κ2) is 7.49. The fourth-order valence-electron chi connectivity index (χ4n) is 2.40. The molecule has 1 aromatic heterocycles. The molecule has 8 nitrogen and oxygen atoms in total. The second-order valence-electron chi connectivity index (χ2n) is 5.11. The fourth-order valence-corrected chi connectivity index (χ4v) is 2.40. The van der Waals surface area contributed by atoms with Gasteiger partial charge in [-0.3, -0.25) is 0 Å². The lowest BCUT2D eigenvalue weighted by Crippen LogP contribution is -2.24. The monoisotopic (exact) mass is 332 g/mol. The van der Waals surface area contributed by atoms with E-state index in [1.165, 1.54) is 0 Å². The van der Waals surface area contributed by atoms with Crippen molar-refractivity contribution in [2.24, 2.45) is 0 Å². The van der Waals surface area contributed by atoms with E-state index in [-0.39, 0.29) is 11.6 Å². The predicted molar refractivity (Wildman–Crippen MR) is 90.8 cm³/mol. The molecule has 0 unspecified atom stereocenters. The number of aromatic amines is 1. The molecule has 0 saturated carbocycles. The summed E-state index contributed by atoms with van der Waals surface area (Å²) in [7, 11) is 3.13. The summed E-state index contributed by atoms with van der Waals surface area (Å²) < 4.78 is 10.5. The Morgan fingerprint density at radius 3 is 2.67 bits per heavy atom. The molecule has 0 amide bonds. The molecule has 1 aromatic carbocycles. The number of anilines is 1. The van der Waals surface area contributed by atoms with Crippen LogP contribution in [-0.4, -0.2) is 35.7 Å². The Labute approximate surface area is 139 Å². The molecule has 0 spiro atoms. The van der Waals surface area contributed by atoms with Crippen molar-refractivity contribution in [3.05, 3.63) is 52.4 Å². The first-order valence-corrected chi connectivity index (χ1v) is 7.27. The summed E-state index contributed by atoms with van der Waals surface area (Å²) in [5, 5.41) is 11.2. The van der Waals surface area contributed by atoms with Gasteiger partial charge >= 0.3 is 5.82 Å². The molecular formula is C16H20N4O4. The number of nitrogens with one attached hydrogen (secondary N) is 1. The van der Waals surface area contributed by atoms with Gasteiger partial charge in [-0.05, 0) is 22.6 Å². The molecule has 0 fully saturated rings. The van der Waals surface area contributed by atoms with Crippen LogP contribution in [-0.2, 0) is 6.54 Å². The standard InChI is InChI=1S/C16H20N4O4/c1-5-8-19(15-16(20(21)22)18-11(2)17-15)10-12-6-7-13(23-3)14(9-12)24-4/h5-7,9H,1,8,10H2,2-4H3,(H,17,18). The largest absolute Gasteiger partial charge is 0.493 e. The lowest BCUT2D eigenvalue weighted by atomic mass is 10.2. The third kappa shape index (κ3) is 3.65. The zero-order chi connectivity index (χ0) is 17.7. The van der Waals surface area contributed by atoms with Crippen LogP contribution >= 0.6 is 0 Å². The van der Waals surface area contributed by atoms with E-state index >= 15 is 0 Å². The highest BCUT2D eigenvalue weighted by molar-refractivity contribution is 5.55. The maximum absolute atomic E-state index is 11.2. The highest BCUT2D eigenvalue weighted by atomic mass is 16.6. The molecule has 0 aliphatic carbocycles. The first kappa shape index (κ1) is 17.3. The van der Waals surface area contributed by atoms with Crippen LogP contribution in [0.2, 0.25) is 0 Å². The van der Waals surface area contributed by atoms with Crippen LogP contribution in [0, 0.1) is 17.0 Å². The van der Waals surface area contributed by atoms with Gasteiger partial charge in [-0.15, -0.1) is 6.58 Å². The van der Waals surface area contributed by atoms with Gasteiger partial charge in [-0.2, -0.15) is 4.98 Å². The highest BCUT2D eigenvalue weighted by Crippen LogP contribution is 2.30. The van der Waals surface area contributed by atoms with Crippen molar-refractivity contribution in [3.8, 4) is 11.5 Å². The zero-order valence-electron chi connectivity index (χ0n) is 13.9. The van der Waals surface area contributed by atoms with Crippen LogP contribution < -0.4 is 14.4 Å². The maximum Gasteiger partial charge on any atom is 0.365 e. The minimum absolute atomic E-state index is 0.130. The van der Waals surface area contributed by atoms with Crippen LogP contribution in [0.25, 0.3) is 0 Å². The van der Waals surface area contributed by atoms with Crippen molar-refractivity contribution in [1.29, 1.82) is 0 Å². The van der Waals surface area contributed by atoms with Gasteiger partial charge in [0.2, 0.25) is 5.82 Å². The first-order chi connectivity index (χ1) is 11.5. The smallest absolute Gasteiger partial charge is 0.365 e. The van der Waals surface area contributed by atoms with E-state index in [1.54, 1.807) is 38.2 Å². The number of hydrogen-bond acceptors (Lipinski definition) is 6. The predicted octanol–water partition coefficient (Wildman–Crippen LogP) is 2.84. The number of ether oxygens (including phenoxy) is 2. The van der Waals surface area contributed by atoms with Gasteiger partial charge in [-0.25, -0.2) is 4.98 Å². The van der Waals surface area contributed by atoms with Gasteiger partial charge in [0.25, 0.3) is 0 Å². The lowest BCUT2D eigenvalue weighted by molar-refractivity contribution is -0.388. The van der Waals surface area contributed by atoms with Crippen molar-refractivity contribution >= 4 is 11.6 Å². The van der Waals surface area contributed by atoms with Crippen molar-refractivity contribution in [2.75, 3.05) is 25.7 Å². The zero-order valence-corrected chi connectivity index (χ0v) is 13.9. The Bertz CT molecular complexity index is 742. The van der Waals surface area contributed by atoms with Crippen molar-refractivity contribution in [2.45, 2.75) is 13.5 Å². The van der Waals surface area contributed by atoms with E-state index < -0.39 is 4.92 Å². The van der Waals surface area contributed by atoms with Gasteiger partial charge in [0, 0.05) is 20.0 Å². The molecule has 2 aromatic rings. The Kier molecular flexibility index (Phi) is 5.41. The van der Waals surface area contributed by atoms with Gasteiger partial charge in [-0.1, -0.05) is 12.1 Å². The molecule has 1 heterocycles. The van der Waals surface area contributed by atoms with Crippen molar-refractivity contribution < 1.29 is 14.4 Å². The Balaban J connectivity index is 2.36. The number of H-pyrrole nitrogens is 1. The van der Waals surface area contributed by atoms with E-state index in [4.69, 9.17) is 9.47 Å². The fraction of sp³-hybridized carbons (Fsp3) is 0.312. The summed E-state index contributed by atoms with van der Waals surface area (Å²) in [6.07, 6.45) is 1.68. The van der Waals surface area contributed by atoms with Gasteiger partial charge < -0.3 is 24.5 Å². The average molecular weight is 332 g/mol. The van der Waals surface area contributed by atoms with Gasteiger partial charge in [0.15, 0.2) is 17.3 Å². The van der Waals surface area contributed by atoms with Crippen LogP contribution in [0.1, 0.15) is 11.4 Å². The molecule has 0 aliphatic heterocycles. The minimum Gasteiger partial charge on any atom is -0.493 e. The Morgan fingerprint density at radius 2 is 2.08 bits per heavy atom. The van der Waals surface area contributed by atoms with E-state index in [0.717, 1.165) is 5.56 Å². The number of nitrogens with zero attached hydrogens (tertiary/aromatic N) is 3. The third-order valence-electron chi connectivity index (χ3n) is 3.44. The SMILES string of the molecule is C=CCN(Cc1ccc(OC)c(OC)c1)c1nc(C)[nH]c1[N+](=O)[O-]. The number of aryl methyl sites for hydroxylation is 1. The number of benzene rings is 1. The molecule has 2 rings (SSSR count). The van der Waals surface area contributed by atoms with Gasteiger partial charge in [0.1, 0.15) is 0 Å². The van der Waals surface area contributed by atoms with E-state index in [1.807, 2.05) is 12.1 Å². The summed E-state index contributed by atoms with van der Waals surface area (Å²) in [5.41, 5.74) is 0.907. The first-order valence-electron chi connectivity index (χ1n) is 7.27. The summed E-state index contributed by atoms with van der Waals surface area (Å²) in [6, 6.07) is 5.51. The van der Waals surface area contributed by atoms with Crippen molar-refractivity contribution in [3.63, 3.8) is 0 Å². The molecule has 0 atom stereocenters. The number of imidazole rings is 1. The molecule has 8 heteroatoms. The molecule has 0 radical (unpaired) electrons. The average Bonchev–Trinajstić information content (AvgIpc) is 2.96. The van der Waals surface area contributed by atoms with E-state index in [9.17, 15) is 10.1 Å². The lowest BCUT2D eigenvalue weighted by Gasteiger charge is -2.21. The molecule has 0 bridgehead atoms. The number of hydrogen-bond donors (Lipinski definition) is 1. The summed E-state index contributed by atoms with van der Waals surface area (Å²) in [5.74, 6) is 1.86. The quantitative estimate of drug-likeness (QED) is 0.454. The molecule has 1 N–H and O–H groups in total. The van der Waals surface area contributed by atoms with Crippen LogP contribution in [0.15, 0.2) is 30.9 Å². The third-order valence-corrected chi connectivity index (χ3v) is 3.44. The van der Waals surface area contributed by atoms with Crippen LogP contribution in [0.3, 0.4) is 0 Å². The number of rotatable bonds is 8. The summed E-state index contributed by atoms with van der Waals surface area (Å²) >= 11 is 0. The number of methoxy groups -OCH3 is 2. The second-order valence-corrected chi connectivity index (χ2v) is 5.11. The van der Waals surface area contributed by atoms with Gasteiger partial charge in [0.05, 0.1) is 14.2 Å². The molecule has 128 valence electrons. The molecule has 0 aliphatic rings. The minimum atomic E-state index is -0.472. The van der Waals surface area contributed by atoms with E-state index in [0.29, 0.717) is 30.4 Å². The summed E-state index contributed by atoms with van der Waals surface area (Å²) in [4.78, 5) is 19.5. The van der Waals surface area contributed by atoms with Crippen molar-refractivity contribution in [1.82, 2.24) is 9.97 Å². The number of nitro groups is 1. The maximum atomic E-state index is 11.2. The summed E-state index contributed by atoms with van der Waals surface area (Å²) in [6.45, 7) is 6.23. The number of aromatic nitrogens is 2.